The van der Waals surface area contributed by atoms with Crippen LogP contribution in [0, 0.1) is 0 Å². The average molecular weight is 221 g/mol. The maximum absolute atomic E-state index is 11.1. The average Bonchev–Trinajstić information content (AvgIpc) is 2.30. The maximum atomic E-state index is 11.1. The Labute approximate surface area is 96.8 Å². The second-order valence-corrected chi connectivity index (χ2v) is 3.69. The standard InChI is InChI=1S/C13H19NO2/c1-3-13(11(2)15)14-9-10-16-12-7-5-4-6-8-12/h4-8,13-14H,3,9-10H2,1-2H3. The molecule has 0 aliphatic heterocycles. The molecule has 0 aliphatic rings. The van der Waals surface area contributed by atoms with Crippen molar-refractivity contribution in [1.29, 1.82) is 0 Å². The molecule has 1 unspecified atom stereocenters. The van der Waals surface area contributed by atoms with Crippen LogP contribution in [0.15, 0.2) is 30.3 Å². The molecule has 3 nitrogen and oxygen atoms in total. The summed E-state index contributed by atoms with van der Waals surface area (Å²) in [5.41, 5.74) is 0. The molecular weight excluding hydrogens is 202 g/mol. The summed E-state index contributed by atoms with van der Waals surface area (Å²) < 4.78 is 5.51. The van der Waals surface area contributed by atoms with Gasteiger partial charge >= 0.3 is 0 Å². The van der Waals surface area contributed by atoms with Crippen molar-refractivity contribution in [2.75, 3.05) is 13.2 Å². The smallest absolute Gasteiger partial charge is 0.146 e. The van der Waals surface area contributed by atoms with Gasteiger partial charge in [-0.1, -0.05) is 25.1 Å². The van der Waals surface area contributed by atoms with Gasteiger partial charge in [-0.2, -0.15) is 0 Å². The molecule has 1 rings (SSSR count). The molecule has 0 radical (unpaired) electrons. The summed E-state index contributed by atoms with van der Waals surface area (Å²) in [4.78, 5) is 11.1. The number of hydrogen-bond acceptors (Lipinski definition) is 3. The van der Waals surface area contributed by atoms with Crippen LogP contribution < -0.4 is 10.1 Å². The zero-order valence-corrected chi connectivity index (χ0v) is 9.90. The molecule has 0 amide bonds. The van der Waals surface area contributed by atoms with E-state index in [4.69, 9.17) is 4.74 Å². The molecule has 0 aliphatic carbocycles. The van der Waals surface area contributed by atoms with Gasteiger partial charge in [-0.25, -0.2) is 0 Å². The molecule has 1 aromatic rings. The Hall–Kier alpha value is -1.35. The highest BCUT2D eigenvalue weighted by Crippen LogP contribution is 2.07. The van der Waals surface area contributed by atoms with Crippen LogP contribution >= 0.6 is 0 Å². The van der Waals surface area contributed by atoms with Crippen molar-refractivity contribution in [3.8, 4) is 5.75 Å². The fourth-order valence-electron chi connectivity index (χ4n) is 1.49. The molecule has 0 aromatic heterocycles. The van der Waals surface area contributed by atoms with E-state index in [1.54, 1.807) is 6.92 Å². The third-order valence-corrected chi connectivity index (χ3v) is 2.40. The van der Waals surface area contributed by atoms with E-state index in [2.05, 4.69) is 5.32 Å². The Morgan fingerprint density at radius 2 is 2.06 bits per heavy atom. The number of nitrogens with one attached hydrogen (secondary N) is 1. The zero-order chi connectivity index (χ0) is 11.8. The highest BCUT2D eigenvalue weighted by molar-refractivity contribution is 5.81. The fraction of sp³-hybridized carbons (Fsp3) is 0.462. The number of carbonyl (C=O) groups excluding carboxylic acids is 1. The van der Waals surface area contributed by atoms with Crippen molar-refractivity contribution in [3.63, 3.8) is 0 Å². The molecule has 1 N–H and O–H groups in total. The Morgan fingerprint density at radius 1 is 1.38 bits per heavy atom. The van der Waals surface area contributed by atoms with E-state index < -0.39 is 0 Å². The van der Waals surface area contributed by atoms with Gasteiger partial charge in [-0.15, -0.1) is 0 Å². The van der Waals surface area contributed by atoms with Gasteiger partial charge < -0.3 is 10.1 Å². The van der Waals surface area contributed by atoms with Crippen LogP contribution in [0.25, 0.3) is 0 Å². The van der Waals surface area contributed by atoms with Crippen molar-refractivity contribution >= 4 is 5.78 Å². The van der Waals surface area contributed by atoms with E-state index in [0.717, 1.165) is 12.2 Å². The minimum Gasteiger partial charge on any atom is -0.492 e. The van der Waals surface area contributed by atoms with Gasteiger partial charge in [-0.3, -0.25) is 4.79 Å². The first kappa shape index (κ1) is 12.7. The highest BCUT2D eigenvalue weighted by Gasteiger charge is 2.09. The molecule has 0 fully saturated rings. The lowest BCUT2D eigenvalue weighted by atomic mass is 10.1. The predicted molar refractivity (Wildman–Crippen MR) is 64.7 cm³/mol. The number of ketones is 1. The Kier molecular flexibility index (Phi) is 5.57. The quantitative estimate of drug-likeness (QED) is 0.716. The number of Topliss-reactive ketones (excluding diaryl/α,β-unsaturated/α-hetero) is 1. The van der Waals surface area contributed by atoms with Gasteiger partial charge in [0, 0.05) is 6.54 Å². The van der Waals surface area contributed by atoms with Gasteiger partial charge in [-0.05, 0) is 25.5 Å². The molecule has 88 valence electrons. The van der Waals surface area contributed by atoms with E-state index >= 15 is 0 Å². The van der Waals surface area contributed by atoms with E-state index in [-0.39, 0.29) is 11.8 Å². The van der Waals surface area contributed by atoms with Crippen molar-refractivity contribution in [1.82, 2.24) is 5.32 Å². The van der Waals surface area contributed by atoms with Gasteiger partial charge in [0.25, 0.3) is 0 Å². The molecule has 0 bridgehead atoms. The van der Waals surface area contributed by atoms with Gasteiger partial charge in [0.1, 0.15) is 18.1 Å². The third-order valence-electron chi connectivity index (χ3n) is 2.40. The van der Waals surface area contributed by atoms with Crippen molar-refractivity contribution in [2.45, 2.75) is 26.3 Å². The summed E-state index contributed by atoms with van der Waals surface area (Å²) in [5.74, 6) is 1.04. The molecule has 1 atom stereocenters. The first-order chi connectivity index (χ1) is 7.74. The lowest BCUT2D eigenvalue weighted by Gasteiger charge is -2.13. The number of carbonyl (C=O) groups is 1. The summed E-state index contributed by atoms with van der Waals surface area (Å²) in [7, 11) is 0. The van der Waals surface area contributed by atoms with E-state index in [9.17, 15) is 4.79 Å². The summed E-state index contributed by atoms with van der Waals surface area (Å²) in [6.45, 7) is 4.87. The fourth-order valence-corrected chi connectivity index (χ4v) is 1.49. The number of rotatable bonds is 7. The molecule has 0 spiro atoms. The third kappa shape index (κ3) is 4.45. The Morgan fingerprint density at radius 3 is 2.62 bits per heavy atom. The van der Waals surface area contributed by atoms with Crippen LogP contribution in [0.1, 0.15) is 20.3 Å². The molecule has 0 saturated heterocycles. The Bertz CT molecular complexity index is 311. The second kappa shape index (κ2) is 7.01. The SMILES string of the molecule is CCC(NCCOc1ccccc1)C(C)=O. The van der Waals surface area contributed by atoms with Crippen LogP contribution in [-0.2, 0) is 4.79 Å². The molecule has 0 heterocycles. The predicted octanol–water partition coefficient (Wildman–Crippen LogP) is 2.02. The van der Waals surface area contributed by atoms with Gasteiger partial charge in [0.05, 0.1) is 6.04 Å². The van der Waals surface area contributed by atoms with Crippen LogP contribution in [0.2, 0.25) is 0 Å². The van der Waals surface area contributed by atoms with Crippen molar-refractivity contribution < 1.29 is 9.53 Å². The second-order valence-electron chi connectivity index (χ2n) is 3.69. The van der Waals surface area contributed by atoms with Gasteiger partial charge in [0.2, 0.25) is 0 Å². The molecule has 16 heavy (non-hydrogen) atoms. The van der Waals surface area contributed by atoms with E-state index in [0.29, 0.717) is 13.2 Å². The van der Waals surface area contributed by atoms with E-state index in [1.165, 1.54) is 0 Å². The first-order valence-corrected chi connectivity index (χ1v) is 5.65. The number of para-hydroxylation sites is 1. The van der Waals surface area contributed by atoms with Crippen LogP contribution in [0.5, 0.6) is 5.75 Å². The highest BCUT2D eigenvalue weighted by atomic mass is 16.5. The lowest BCUT2D eigenvalue weighted by molar-refractivity contribution is -0.119. The monoisotopic (exact) mass is 221 g/mol. The molecule has 1 aromatic carbocycles. The maximum Gasteiger partial charge on any atom is 0.146 e. The lowest BCUT2D eigenvalue weighted by Crippen LogP contribution is -2.37. The summed E-state index contributed by atoms with van der Waals surface area (Å²) in [6.07, 6.45) is 0.820. The molecule has 3 heteroatoms. The number of benzene rings is 1. The topological polar surface area (TPSA) is 38.3 Å². The zero-order valence-electron chi connectivity index (χ0n) is 9.90. The number of ether oxygens (including phenoxy) is 1. The number of hydrogen-bond donors (Lipinski definition) is 1. The molecule has 0 saturated carbocycles. The first-order valence-electron chi connectivity index (χ1n) is 5.65. The minimum absolute atomic E-state index is 0.0422. The van der Waals surface area contributed by atoms with Gasteiger partial charge in [0.15, 0.2) is 0 Å². The molecular formula is C13H19NO2. The van der Waals surface area contributed by atoms with Crippen molar-refractivity contribution in [2.24, 2.45) is 0 Å². The van der Waals surface area contributed by atoms with E-state index in [1.807, 2.05) is 37.3 Å². The summed E-state index contributed by atoms with van der Waals surface area (Å²) >= 11 is 0. The van der Waals surface area contributed by atoms with Crippen LogP contribution in [0.3, 0.4) is 0 Å². The van der Waals surface area contributed by atoms with Crippen molar-refractivity contribution in [3.05, 3.63) is 30.3 Å². The minimum atomic E-state index is -0.0422. The Balaban J connectivity index is 2.19. The van der Waals surface area contributed by atoms with Crippen LogP contribution in [-0.4, -0.2) is 25.0 Å². The van der Waals surface area contributed by atoms with Crippen LogP contribution in [0.4, 0.5) is 0 Å². The largest absolute Gasteiger partial charge is 0.492 e. The normalized spacial score (nSPS) is 12.1. The summed E-state index contributed by atoms with van der Waals surface area (Å²) in [6, 6.07) is 9.62. The summed E-state index contributed by atoms with van der Waals surface area (Å²) in [5, 5.41) is 3.16.